The van der Waals surface area contributed by atoms with E-state index in [4.69, 9.17) is 0 Å². The first-order valence-corrected chi connectivity index (χ1v) is 6.47. The van der Waals surface area contributed by atoms with Crippen molar-refractivity contribution in [3.05, 3.63) is 11.1 Å². The van der Waals surface area contributed by atoms with Gasteiger partial charge in [0.25, 0.3) is 0 Å². The zero-order chi connectivity index (χ0) is 11.5. The molecule has 1 heteroatoms. The molecule has 0 spiro atoms. The van der Waals surface area contributed by atoms with E-state index in [1.165, 1.54) is 24.8 Å². The molecule has 0 aromatic heterocycles. The lowest BCUT2D eigenvalue weighted by atomic mass is 9.89. The van der Waals surface area contributed by atoms with E-state index in [1.807, 2.05) is 6.92 Å². The summed E-state index contributed by atoms with van der Waals surface area (Å²) >= 11 is 0. The molecule has 0 amide bonds. The lowest BCUT2D eigenvalue weighted by molar-refractivity contribution is 0.0960. The summed E-state index contributed by atoms with van der Waals surface area (Å²) in [6, 6.07) is 0. The van der Waals surface area contributed by atoms with Crippen LogP contribution < -0.4 is 0 Å². The van der Waals surface area contributed by atoms with Crippen LogP contribution in [0, 0.1) is 5.92 Å². The van der Waals surface area contributed by atoms with E-state index in [0.717, 1.165) is 19.3 Å². The van der Waals surface area contributed by atoms with Crippen LogP contribution in [0.1, 0.15) is 66.2 Å². The van der Waals surface area contributed by atoms with Gasteiger partial charge in [0.1, 0.15) is 0 Å². The van der Waals surface area contributed by atoms with Gasteiger partial charge < -0.3 is 5.11 Å². The molecule has 1 aliphatic rings. The molecule has 0 aliphatic heterocycles. The molecule has 0 aromatic rings. The van der Waals surface area contributed by atoms with Gasteiger partial charge >= 0.3 is 0 Å². The molecule has 2 atom stereocenters. The van der Waals surface area contributed by atoms with Crippen LogP contribution in [0.4, 0.5) is 0 Å². The number of hydrogen-bond acceptors (Lipinski definition) is 1. The van der Waals surface area contributed by atoms with Gasteiger partial charge in [-0.3, -0.25) is 0 Å². The highest BCUT2D eigenvalue weighted by Gasteiger charge is 2.34. The van der Waals surface area contributed by atoms with E-state index in [-0.39, 0.29) is 0 Å². The van der Waals surface area contributed by atoms with Gasteiger partial charge in [0.2, 0.25) is 0 Å². The minimum absolute atomic E-state index is 0.506. The molecule has 1 rings (SSSR count). The molecule has 0 saturated carbocycles. The molecule has 2 unspecified atom stereocenters. The minimum atomic E-state index is -0.506. The predicted molar refractivity (Wildman–Crippen MR) is 65.9 cm³/mol. The summed E-state index contributed by atoms with van der Waals surface area (Å²) in [6.07, 6.45) is 6.77. The molecule has 15 heavy (non-hydrogen) atoms. The van der Waals surface area contributed by atoms with Crippen LogP contribution >= 0.6 is 0 Å². The normalized spacial score (nSPS) is 28.6. The molecule has 1 nitrogen and oxygen atoms in total. The van der Waals surface area contributed by atoms with Gasteiger partial charge in [-0.1, -0.05) is 32.8 Å². The fourth-order valence-corrected chi connectivity index (χ4v) is 2.60. The van der Waals surface area contributed by atoms with Crippen molar-refractivity contribution in [1.29, 1.82) is 0 Å². The number of hydrogen-bond donors (Lipinski definition) is 1. The Morgan fingerprint density at radius 3 is 2.60 bits per heavy atom. The molecule has 0 fully saturated rings. The van der Waals surface area contributed by atoms with Gasteiger partial charge in [-0.2, -0.15) is 0 Å². The second-order valence-electron chi connectivity index (χ2n) is 5.19. The van der Waals surface area contributed by atoms with Gasteiger partial charge in [-0.05, 0) is 50.5 Å². The smallest absolute Gasteiger partial charge is 0.0834 e. The fraction of sp³-hybridized carbons (Fsp3) is 0.857. The van der Waals surface area contributed by atoms with E-state index in [1.54, 1.807) is 5.57 Å². The maximum absolute atomic E-state index is 10.3. The Morgan fingerprint density at radius 2 is 2.07 bits per heavy atom. The third-order valence-corrected chi connectivity index (χ3v) is 3.91. The lowest BCUT2D eigenvalue weighted by Crippen LogP contribution is -2.23. The third kappa shape index (κ3) is 2.84. The average molecular weight is 210 g/mol. The number of rotatable bonds is 5. The molecule has 88 valence electrons. The summed E-state index contributed by atoms with van der Waals surface area (Å²) in [5, 5.41) is 10.3. The van der Waals surface area contributed by atoms with Gasteiger partial charge in [0, 0.05) is 0 Å². The first kappa shape index (κ1) is 12.8. The highest BCUT2D eigenvalue weighted by Crippen LogP contribution is 2.41. The van der Waals surface area contributed by atoms with E-state index in [2.05, 4.69) is 20.8 Å². The summed E-state index contributed by atoms with van der Waals surface area (Å²) in [4.78, 5) is 0. The van der Waals surface area contributed by atoms with Gasteiger partial charge in [-0.15, -0.1) is 0 Å². The molecule has 0 radical (unpaired) electrons. The summed E-state index contributed by atoms with van der Waals surface area (Å²) in [7, 11) is 0. The number of allylic oxidation sites excluding steroid dienone is 1. The Balaban J connectivity index is 2.84. The predicted octanol–water partition coefficient (Wildman–Crippen LogP) is 4.06. The monoisotopic (exact) mass is 210 g/mol. The maximum atomic E-state index is 10.3. The second kappa shape index (κ2) is 5.16. The zero-order valence-corrected chi connectivity index (χ0v) is 10.8. The van der Waals surface area contributed by atoms with Crippen molar-refractivity contribution >= 4 is 0 Å². The van der Waals surface area contributed by atoms with Crippen molar-refractivity contribution in [2.45, 2.75) is 71.8 Å². The SMILES string of the molecule is CCCCC1=C(C(C)CC)CCC1(C)O. The van der Waals surface area contributed by atoms with E-state index in [0.29, 0.717) is 5.92 Å². The molecule has 1 aliphatic carbocycles. The van der Waals surface area contributed by atoms with E-state index >= 15 is 0 Å². The van der Waals surface area contributed by atoms with Gasteiger partial charge in [0.15, 0.2) is 0 Å². The Labute approximate surface area is 94.6 Å². The fourth-order valence-electron chi connectivity index (χ4n) is 2.60. The summed E-state index contributed by atoms with van der Waals surface area (Å²) in [5.41, 5.74) is 2.41. The van der Waals surface area contributed by atoms with Crippen molar-refractivity contribution in [3.8, 4) is 0 Å². The van der Waals surface area contributed by atoms with Crippen LogP contribution in [0.2, 0.25) is 0 Å². The van der Waals surface area contributed by atoms with Crippen LogP contribution in [0.15, 0.2) is 11.1 Å². The van der Waals surface area contributed by atoms with Gasteiger partial charge in [-0.25, -0.2) is 0 Å². The molecule has 0 saturated heterocycles. The quantitative estimate of drug-likeness (QED) is 0.678. The highest BCUT2D eigenvalue weighted by molar-refractivity contribution is 5.30. The van der Waals surface area contributed by atoms with Crippen molar-refractivity contribution in [2.75, 3.05) is 0 Å². The first-order chi connectivity index (χ1) is 7.03. The van der Waals surface area contributed by atoms with Crippen molar-refractivity contribution in [2.24, 2.45) is 5.92 Å². The lowest BCUT2D eigenvalue weighted by Gasteiger charge is -2.23. The minimum Gasteiger partial charge on any atom is -0.386 e. The Kier molecular flexibility index (Phi) is 4.39. The molecule has 0 bridgehead atoms. The molecule has 0 heterocycles. The standard InChI is InChI=1S/C14H26O/c1-5-7-8-13-12(11(3)6-2)9-10-14(13,4)15/h11,15H,5-10H2,1-4H3. The molecule has 0 aromatic carbocycles. The van der Waals surface area contributed by atoms with Crippen molar-refractivity contribution in [3.63, 3.8) is 0 Å². The van der Waals surface area contributed by atoms with Crippen LogP contribution in [0.25, 0.3) is 0 Å². The Hall–Kier alpha value is -0.300. The van der Waals surface area contributed by atoms with Crippen LogP contribution in [-0.4, -0.2) is 10.7 Å². The van der Waals surface area contributed by atoms with Crippen LogP contribution in [0.3, 0.4) is 0 Å². The molecular formula is C14H26O. The average Bonchev–Trinajstić information content (AvgIpc) is 2.50. The van der Waals surface area contributed by atoms with Gasteiger partial charge in [0.05, 0.1) is 5.60 Å². The van der Waals surface area contributed by atoms with Crippen LogP contribution in [-0.2, 0) is 0 Å². The largest absolute Gasteiger partial charge is 0.386 e. The third-order valence-electron chi connectivity index (χ3n) is 3.91. The Bertz CT molecular complexity index is 238. The highest BCUT2D eigenvalue weighted by atomic mass is 16.3. The van der Waals surface area contributed by atoms with Crippen LogP contribution in [0.5, 0.6) is 0 Å². The second-order valence-corrected chi connectivity index (χ2v) is 5.19. The van der Waals surface area contributed by atoms with Crippen molar-refractivity contribution < 1.29 is 5.11 Å². The number of unbranched alkanes of at least 4 members (excludes halogenated alkanes) is 1. The van der Waals surface area contributed by atoms with E-state index in [9.17, 15) is 5.11 Å². The molecule has 1 N–H and O–H groups in total. The number of aliphatic hydroxyl groups is 1. The van der Waals surface area contributed by atoms with Crippen molar-refractivity contribution in [1.82, 2.24) is 0 Å². The Morgan fingerprint density at radius 1 is 1.40 bits per heavy atom. The van der Waals surface area contributed by atoms with E-state index < -0.39 is 5.60 Å². The summed E-state index contributed by atoms with van der Waals surface area (Å²) in [6.45, 7) is 8.74. The topological polar surface area (TPSA) is 20.2 Å². The molecular weight excluding hydrogens is 184 g/mol. The maximum Gasteiger partial charge on any atom is 0.0834 e. The summed E-state index contributed by atoms with van der Waals surface area (Å²) in [5.74, 6) is 0.658. The zero-order valence-electron chi connectivity index (χ0n) is 10.8. The first-order valence-electron chi connectivity index (χ1n) is 6.47. The summed E-state index contributed by atoms with van der Waals surface area (Å²) < 4.78 is 0.